The Bertz CT molecular complexity index is 1070. The van der Waals surface area contributed by atoms with Crippen molar-refractivity contribution in [2.45, 2.75) is 36.9 Å². The van der Waals surface area contributed by atoms with Crippen LogP contribution in [0.3, 0.4) is 0 Å². The van der Waals surface area contributed by atoms with Gasteiger partial charge in [-0.3, -0.25) is 4.79 Å². The van der Waals surface area contributed by atoms with Crippen molar-refractivity contribution in [2.75, 3.05) is 19.7 Å². The predicted molar refractivity (Wildman–Crippen MR) is 108 cm³/mol. The summed E-state index contributed by atoms with van der Waals surface area (Å²) in [7, 11) is -4.07. The maximum Gasteiger partial charge on any atom is 0.422 e. The summed E-state index contributed by atoms with van der Waals surface area (Å²) in [5.41, 5.74) is 0.424. The minimum Gasteiger partial charge on any atom is -0.484 e. The average molecular weight is 474 g/mol. The molecule has 2 aromatic carbocycles. The van der Waals surface area contributed by atoms with Gasteiger partial charge in [-0.25, -0.2) is 12.8 Å². The number of amides is 1. The van der Waals surface area contributed by atoms with Gasteiger partial charge in [0.2, 0.25) is 10.0 Å². The van der Waals surface area contributed by atoms with Gasteiger partial charge in [-0.2, -0.15) is 17.5 Å². The van der Waals surface area contributed by atoms with Crippen LogP contribution in [0.1, 0.15) is 35.2 Å². The van der Waals surface area contributed by atoms with E-state index < -0.39 is 39.4 Å². The third kappa shape index (κ3) is 6.19. The molecule has 0 aliphatic carbocycles. The molecule has 1 amide bonds. The third-order valence-corrected chi connectivity index (χ3v) is 6.79. The second kappa shape index (κ2) is 9.86. The minimum absolute atomic E-state index is 0.00855. The van der Waals surface area contributed by atoms with Crippen molar-refractivity contribution in [3.63, 3.8) is 0 Å². The van der Waals surface area contributed by atoms with Gasteiger partial charge in [0.15, 0.2) is 6.61 Å². The summed E-state index contributed by atoms with van der Waals surface area (Å²) in [6.07, 6.45) is -2.20. The second-order valence-electron chi connectivity index (χ2n) is 7.34. The highest BCUT2D eigenvalue weighted by Crippen LogP contribution is 2.24. The number of nitrogens with one attached hydrogen (secondary N) is 1. The largest absolute Gasteiger partial charge is 0.484 e. The smallest absolute Gasteiger partial charge is 0.422 e. The van der Waals surface area contributed by atoms with Crippen LogP contribution < -0.4 is 10.1 Å². The normalized spacial score (nSPS) is 15.4. The Labute approximate surface area is 183 Å². The van der Waals surface area contributed by atoms with Crippen molar-refractivity contribution in [3.8, 4) is 5.75 Å². The lowest BCUT2D eigenvalue weighted by Crippen LogP contribution is -2.36. The Morgan fingerprint density at radius 2 is 1.78 bits per heavy atom. The molecule has 1 saturated heterocycles. The number of carbonyl (C=O) groups is 1. The number of ether oxygens (including phenoxy) is 1. The molecule has 0 bridgehead atoms. The molecule has 0 atom stereocenters. The fourth-order valence-corrected chi connectivity index (χ4v) is 4.89. The van der Waals surface area contributed by atoms with Crippen LogP contribution in [0.5, 0.6) is 5.75 Å². The molecule has 0 aromatic heterocycles. The first kappa shape index (κ1) is 24.0. The number of hydrogen-bond acceptors (Lipinski definition) is 4. The van der Waals surface area contributed by atoms with E-state index >= 15 is 0 Å². The van der Waals surface area contributed by atoms with Crippen molar-refractivity contribution in [1.82, 2.24) is 9.62 Å². The van der Waals surface area contributed by atoms with Crippen LogP contribution in [0.2, 0.25) is 0 Å². The quantitative estimate of drug-likeness (QED) is 0.619. The molecule has 1 heterocycles. The fraction of sp³-hybridized carbons (Fsp3) is 0.381. The van der Waals surface area contributed by atoms with Gasteiger partial charge in [-0.05, 0) is 48.7 Å². The minimum atomic E-state index is -4.47. The number of alkyl halides is 3. The molecule has 6 nitrogen and oxygen atoms in total. The summed E-state index contributed by atoms with van der Waals surface area (Å²) in [5.74, 6) is -1.60. The number of piperidine rings is 1. The molecule has 1 aliphatic heterocycles. The molecule has 0 radical (unpaired) electrons. The SMILES string of the molecule is O=C(NCc1cccc(OCC(F)(F)F)c1)c1ccc(F)c(S(=O)(=O)N2CCCCC2)c1. The summed E-state index contributed by atoms with van der Waals surface area (Å²) in [5, 5.41) is 2.54. The number of benzene rings is 2. The van der Waals surface area contributed by atoms with Gasteiger partial charge in [-0.15, -0.1) is 0 Å². The summed E-state index contributed by atoms with van der Waals surface area (Å²) in [4.78, 5) is 11.9. The van der Waals surface area contributed by atoms with Crippen LogP contribution in [0.15, 0.2) is 47.4 Å². The summed E-state index contributed by atoms with van der Waals surface area (Å²) >= 11 is 0. The first-order valence-electron chi connectivity index (χ1n) is 9.93. The van der Waals surface area contributed by atoms with Crippen molar-refractivity contribution >= 4 is 15.9 Å². The Morgan fingerprint density at radius 1 is 1.06 bits per heavy atom. The Hall–Kier alpha value is -2.66. The number of carbonyl (C=O) groups excluding carboxylic acids is 1. The number of nitrogens with zero attached hydrogens (tertiary/aromatic N) is 1. The average Bonchev–Trinajstić information content (AvgIpc) is 2.76. The van der Waals surface area contributed by atoms with Gasteiger partial charge in [0.05, 0.1) is 0 Å². The molecule has 0 saturated carbocycles. The Morgan fingerprint density at radius 3 is 2.47 bits per heavy atom. The lowest BCUT2D eigenvalue weighted by Gasteiger charge is -2.26. The van der Waals surface area contributed by atoms with Crippen LogP contribution >= 0.6 is 0 Å². The van der Waals surface area contributed by atoms with E-state index in [1.54, 1.807) is 6.07 Å². The van der Waals surface area contributed by atoms with Gasteiger partial charge in [0.25, 0.3) is 5.91 Å². The van der Waals surface area contributed by atoms with E-state index in [0.717, 1.165) is 18.6 Å². The molecule has 1 N–H and O–H groups in total. The molecule has 2 aromatic rings. The molecule has 1 aliphatic rings. The van der Waals surface area contributed by atoms with Crippen LogP contribution in [0.4, 0.5) is 17.6 Å². The molecule has 174 valence electrons. The van der Waals surface area contributed by atoms with E-state index in [9.17, 15) is 30.8 Å². The van der Waals surface area contributed by atoms with Crippen LogP contribution in [-0.4, -0.2) is 44.5 Å². The molecule has 11 heteroatoms. The zero-order valence-corrected chi connectivity index (χ0v) is 17.8. The lowest BCUT2D eigenvalue weighted by molar-refractivity contribution is -0.153. The number of halogens is 4. The van der Waals surface area contributed by atoms with Gasteiger partial charge in [0, 0.05) is 25.2 Å². The highest BCUT2D eigenvalue weighted by atomic mass is 32.2. The van der Waals surface area contributed by atoms with Crippen molar-refractivity contribution in [1.29, 1.82) is 0 Å². The number of hydrogen-bond donors (Lipinski definition) is 1. The fourth-order valence-electron chi connectivity index (χ4n) is 3.28. The Balaban J connectivity index is 1.69. The van der Waals surface area contributed by atoms with Crippen molar-refractivity contribution < 1.29 is 35.5 Å². The molecular weight excluding hydrogens is 452 g/mol. The van der Waals surface area contributed by atoms with Gasteiger partial charge >= 0.3 is 6.18 Å². The van der Waals surface area contributed by atoms with Crippen LogP contribution in [0, 0.1) is 5.82 Å². The van der Waals surface area contributed by atoms with E-state index in [-0.39, 0.29) is 17.9 Å². The molecule has 0 unspecified atom stereocenters. The topological polar surface area (TPSA) is 75.7 Å². The summed E-state index contributed by atoms with van der Waals surface area (Å²) in [6, 6.07) is 8.86. The summed E-state index contributed by atoms with van der Waals surface area (Å²) < 4.78 is 82.7. The summed E-state index contributed by atoms with van der Waals surface area (Å²) in [6.45, 7) is -0.893. The first-order valence-corrected chi connectivity index (χ1v) is 11.4. The van der Waals surface area contributed by atoms with Crippen LogP contribution in [0.25, 0.3) is 0 Å². The zero-order valence-electron chi connectivity index (χ0n) is 17.0. The maximum absolute atomic E-state index is 14.3. The highest BCUT2D eigenvalue weighted by Gasteiger charge is 2.30. The second-order valence-corrected chi connectivity index (χ2v) is 9.25. The monoisotopic (exact) mass is 474 g/mol. The van der Waals surface area contributed by atoms with E-state index in [1.165, 1.54) is 28.6 Å². The Kier molecular flexibility index (Phi) is 7.40. The zero-order chi connectivity index (χ0) is 23.4. The van der Waals surface area contributed by atoms with Crippen LogP contribution in [-0.2, 0) is 16.6 Å². The number of sulfonamides is 1. The third-order valence-electron chi connectivity index (χ3n) is 4.88. The van der Waals surface area contributed by atoms with E-state index in [4.69, 9.17) is 0 Å². The standard InChI is InChI=1S/C21H22F4N2O4S/c22-18-8-7-16(12-19(18)32(29,30)27-9-2-1-3-10-27)20(28)26-13-15-5-4-6-17(11-15)31-14-21(23,24)25/h4-8,11-12H,1-3,9-10,13-14H2,(H,26,28). The molecule has 1 fully saturated rings. The molecular formula is C21H22F4N2O4S. The molecule has 0 spiro atoms. The van der Waals surface area contributed by atoms with Crippen molar-refractivity contribution in [2.24, 2.45) is 0 Å². The van der Waals surface area contributed by atoms with Gasteiger partial charge in [-0.1, -0.05) is 18.6 Å². The van der Waals surface area contributed by atoms with Gasteiger partial charge < -0.3 is 10.1 Å². The number of rotatable bonds is 7. The van der Waals surface area contributed by atoms with E-state index in [0.29, 0.717) is 31.5 Å². The maximum atomic E-state index is 14.3. The van der Waals surface area contributed by atoms with E-state index in [1.807, 2.05) is 0 Å². The lowest BCUT2D eigenvalue weighted by atomic mass is 10.2. The van der Waals surface area contributed by atoms with Crippen molar-refractivity contribution in [3.05, 3.63) is 59.4 Å². The van der Waals surface area contributed by atoms with Gasteiger partial charge in [0.1, 0.15) is 16.5 Å². The highest BCUT2D eigenvalue weighted by molar-refractivity contribution is 7.89. The first-order chi connectivity index (χ1) is 15.1. The molecule has 32 heavy (non-hydrogen) atoms. The predicted octanol–water partition coefficient (Wildman–Crippen LogP) is 3.87. The van der Waals surface area contributed by atoms with E-state index in [2.05, 4.69) is 10.1 Å². The molecule has 3 rings (SSSR count).